The van der Waals surface area contributed by atoms with E-state index in [2.05, 4.69) is 12.0 Å². The van der Waals surface area contributed by atoms with Crippen molar-refractivity contribution < 1.29 is 4.79 Å². The summed E-state index contributed by atoms with van der Waals surface area (Å²) in [6.07, 6.45) is 1.74. The van der Waals surface area contributed by atoms with Gasteiger partial charge in [-0.05, 0) is 17.7 Å². The first-order valence-electron chi connectivity index (χ1n) is 4.34. The molecule has 0 aliphatic rings. The van der Waals surface area contributed by atoms with E-state index in [1.807, 2.05) is 12.1 Å². The molecule has 0 saturated carbocycles. The molecule has 0 spiro atoms. The first-order valence-corrected chi connectivity index (χ1v) is 4.34. The zero-order chi connectivity index (χ0) is 10.6. The van der Waals surface area contributed by atoms with Gasteiger partial charge in [0.2, 0.25) is 0 Å². The average Bonchev–Trinajstić information content (AvgIpc) is 2.17. The predicted octanol–water partition coefficient (Wildman–Crippen LogP) is 1.54. The Morgan fingerprint density at radius 3 is 2.36 bits per heavy atom. The fourth-order valence-electron chi connectivity index (χ4n) is 1.04. The summed E-state index contributed by atoms with van der Waals surface area (Å²) < 4.78 is 0. The Labute approximate surface area is 84.0 Å². The van der Waals surface area contributed by atoms with Crippen molar-refractivity contribution in [2.75, 3.05) is 14.1 Å². The molecule has 0 unspecified atom stereocenters. The number of nitrogens with zero attached hydrogens (tertiary/aromatic N) is 1. The Hall–Kier alpha value is -1.61. The summed E-state index contributed by atoms with van der Waals surface area (Å²) in [6.45, 7) is 3.65. The fourth-order valence-corrected chi connectivity index (χ4v) is 1.04. The lowest BCUT2D eigenvalue weighted by atomic mass is 10.1. The molecular weight excluding hydrogens is 176 g/mol. The smallest absolute Gasteiger partial charge is 0.265 e. The number of hydrazine groups is 1. The minimum absolute atomic E-state index is 0.106. The number of carbonyl (C=O) groups is 1. The SMILES string of the molecule is C=Cc1ccc(C(=O)NN(C)C)cc1. The summed E-state index contributed by atoms with van der Waals surface area (Å²) in [7, 11) is 3.55. The third-order valence-electron chi connectivity index (χ3n) is 1.73. The van der Waals surface area contributed by atoms with Crippen molar-refractivity contribution in [2.45, 2.75) is 0 Å². The Morgan fingerprint density at radius 1 is 1.36 bits per heavy atom. The highest BCUT2D eigenvalue weighted by molar-refractivity contribution is 5.93. The van der Waals surface area contributed by atoms with Crippen LogP contribution in [0, 0.1) is 0 Å². The van der Waals surface area contributed by atoms with Crippen LogP contribution in [0.15, 0.2) is 30.8 Å². The van der Waals surface area contributed by atoms with Crippen molar-refractivity contribution in [3.63, 3.8) is 0 Å². The number of amides is 1. The largest absolute Gasteiger partial charge is 0.285 e. The quantitative estimate of drug-likeness (QED) is 0.733. The monoisotopic (exact) mass is 190 g/mol. The summed E-state index contributed by atoms with van der Waals surface area (Å²) in [5.41, 5.74) is 4.31. The molecule has 3 heteroatoms. The van der Waals surface area contributed by atoms with Gasteiger partial charge in [0, 0.05) is 19.7 Å². The molecule has 0 fully saturated rings. The van der Waals surface area contributed by atoms with Crippen LogP contribution in [-0.4, -0.2) is 25.0 Å². The van der Waals surface area contributed by atoms with Crippen LogP contribution < -0.4 is 5.43 Å². The molecule has 0 heterocycles. The lowest BCUT2D eigenvalue weighted by Crippen LogP contribution is -2.36. The van der Waals surface area contributed by atoms with Gasteiger partial charge in [0.25, 0.3) is 5.91 Å². The van der Waals surface area contributed by atoms with E-state index >= 15 is 0 Å². The molecule has 0 aliphatic carbocycles. The van der Waals surface area contributed by atoms with E-state index in [4.69, 9.17) is 0 Å². The highest BCUT2D eigenvalue weighted by Crippen LogP contribution is 2.05. The van der Waals surface area contributed by atoms with Gasteiger partial charge in [-0.1, -0.05) is 24.8 Å². The predicted molar refractivity (Wildman–Crippen MR) is 57.7 cm³/mol. The summed E-state index contributed by atoms with van der Waals surface area (Å²) in [4.78, 5) is 11.5. The number of nitrogens with one attached hydrogen (secondary N) is 1. The Kier molecular flexibility index (Phi) is 3.42. The van der Waals surface area contributed by atoms with E-state index in [1.165, 1.54) is 0 Å². The maximum Gasteiger partial charge on any atom is 0.265 e. The minimum Gasteiger partial charge on any atom is -0.285 e. The van der Waals surface area contributed by atoms with E-state index in [0.717, 1.165) is 5.56 Å². The van der Waals surface area contributed by atoms with Crippen LogP contribution in [0.3, 0.4) is 0 Å². The Balaban J connectivity index is 2.76. The maximum absolute atomic E-state index is 11.5. The first kappa shape index (κ1) is 10.5. The second kappa shape index (κ2) is 4.58. The molecule has 1 aromatic carbocycles. The molecule has 0 radical (unpaired) electrons. The van der Waals surface area contributed by atoms with Crippen LogP contribution in [0.4, 0.5) is 0 Å². The molecular formula is C11H14N2O. The van der Waals surface area contributed by atoms with E-state index < -0.39 is 0 Å². The Bertz CT molecular complexity index is 328. The third-order valence-corrected chi connectivity index (χ3v) is 1.73. The van der Waals surface area contributed by atoms with Crippen LogP contribution in [0.25, 0.3) is 6.08 Å². The third kappa shape index (κ3) is 2.71. The van der Waals surface area contributed by atoms with Gasteiger partial charge < -0.3 is 0 Å². The molecule has 74 valence electrons. The molecule has 14 heavy (non-hydrogen) atoms. The van der Waals surface area contributed by atoms with E-state index in [9.17, 15) is 4.79 Å². The molecule has 0 aliphatic heterocycles. The molecule has 0 aromatic heterocycles. The van der Waals surface area contributed by atoms with E-state index in [0.29, 0.717) is 5.56 Å². The van der Waals surface area contributed by atoms with Crippen LogP contribution in [0.5, 0.6) is 0 Å². The van der Waals surface area contributed by atoms with Crippen LogP contribution in [0.2, 0.25) is 0 Å². The van der Waals surface area contributed by atoms with Crippen LogP contribution in [-0.2, 0) is 0 Å². The highest BCUT2D eigenvalue weighted by atomic mass is 16.2. The molecule has 1 rings (SSSR count). The molecule has 0 bridgehead atoms. The van der Waals surface area contributed by atoms with Crippen molar-refractivity contribution >= 4 is 12.0 Å². The van der Waals surface area contributed by atoms with E-state index in [1.54, 1.807) is 37.3 Å². The second-order valence-electron chi connectivity index (χ2n) is 3.16. The van der Waals surface area contributed by atoms with Gasteiger partial charge in [-0.15, -0.1) is 0 Å². The molecule has 1 amide bonds. The van der Waals surface area contributed by atoms with E-state index in [-0.39, 0.29) is 5.91 Å². The van der Waals surface area contributed by atoms with Gasteiger partial charge in [0.05, 0.1) is 0 Å². The van der Waals surface area contributed by atoms with Gasteiger partial charge in [0.15, 0.2) is 0 Å². The number of hydrogen-bond donors (Lipinski definition) is 1. The summed E-state index contributed by atoms with van der Waals surface area (Å²) in [5.74, 6) is -0.106. The maximum atomic E-state index is 11.5. The minimum atomic E-state index is -0.106. The van der Waals surface area contributed by atoms with Gasteiger partial charge in [-0.25, -0.2) is 5.01 Å². The summed E-state index contributed by atoms with van der Waals surface area (Å²) in [5, 5.41) is 1.61. The zero-order valence-corrected chi connectivity index (χ0v) is 8.45. The normalized spacial score (nSPS) is 9.93. The van der Waals surface area contributed by atoms with Gasteiger partial charge in [-0.3, -0.25) is 10.2 Å². The number of benzene rings is 1. The molecule has 1 aromatic rings. The molecule has 1 N–H and O–H groups in total. The standard InChI is InChI=1S/C11H14N2O/c1-4-9-5-7-10(8-6-9)11(14)12-13(2)3/h4-8H,1H2,2-3H3,(H,12,14). The van der Waals surface area contributed by atoms with Crippen LogP contribution >= 0.6 is 0 Å². The van der Waals surface area contributed by atoms with Crippen LogP contribution in [0.1, 0.15) is 15.9 Å². The van der Waals surface area contributed by atoms with Gasteiger partial charge in [-0.2, -0.15) is 0 Å². The first-order chi connectivity index (χ1) is 6.63. The van der Waals surface area contributed by atoms with Gasteiger partial charge in [0.1, 0.15) is 0 Å². The molecule has 0 atom stereocenters. The number of hydrogen-bond acceptors (Lipinski definition) is 2. The van der Waals surface area contributed by atoms with Crippen molar-refractivity contribution in [3.05, 3.63) is 42.0 Å². The van der Waals surface area contributed by atoms with Crippen molar-refractivity contribution in [1.29, 1.82) is 0 Å². The average molecular weight is 190 g/mol. The number of rotatable bonds is 3. The van der Waals surface area contributed by atoms with Crippen molar-refractivity contribution in [3.8, 4) is 0 Å². The fraction of sp³-hybridized carbons (Fsp3) is 0.182. The summed E-state index contributed by atoms with van der Waals surface area (Å²) in [6, 6.07) is 7.26. The highest BCUT2D eigenvalue weighted by Gasteiger charge is 2.04. The topological polar surface area (TPSA) is 32.3 Å². The molecule has 3 nitrogen and oxygen atoms in total. The second-order valence-corrected chi connectivity index (χ2v) is 3.16. The lowest BCUT2D eigenvalue weighted by Gasteiger charge is -2.11. The Morgan fingerprint density at radius 2 is 1.93 bits per heavy atom. The molecule has 0 saturated heterocycles. The lowest BCUT2D eigenvalue weighted by molar-refractivity contribution is 0.0857. The zero-order valence-electron chi connectivity index (χ0n) is 8.45. The van der Waals surface area contributed by atoms with Crippen molar-refractivity contribution in [2.24, 2.45) is 0 Å². The summed E-state index contributed by atoms with van der Waals surface area (Å²) >= 11 is 0. The van der Waals surface area contributed by atoms with Crippen molar-refractivity contribution in [1.82, 2.24) is 10.4 Å². The van der Waals surface area contributed by atoms with Gasteiger partial charge >= 0.3 is 0 Å². The number of carbonyl (C=O) groups excluding carboxylic acids is 1.